The Hall–Kier alpha value is -1.55. The van der Waals surface area contributed by atoms with Crippen molar-refractivity contribution < 1.29 is 22.7 Å². The highest BCUT2D eigenvalue weighted by Gasteiger charge is 2.29. The summed E-state index contributed by atoms with van der Waals surface area (Å²) in [6.45, 7) is 2.83. The number of carbonyl (C=O) groups excluding carboxylic acids is 1. The molecule has 2 aliphatic rings. The number of benzene rings is 1. The van der Waals surface area contributed by atoms with Gasteiger partial charge < -0.3 is 20.5 Å². The third-order valence-corrected chi connectivity index (χ3v) is 6.03. The van der Waals surface area contributed by atoms with Crippen LogP contribution in [0.1, 0.15) is 26.2 Å². The van der Waals surface area contributed by atoms with Crippen molar-refractivity contribution in [2.24, 2.45) is 11.7 Å². The van der Waals surface area contributed by atoms with Crippen molar-refractivity contribution in [3.63, 3.8) is 0 Å². The summed E-state index contributed by atoms with van der Waals surface area (Å²) in [5, 5.41) is 2.70. The van der Waals surface area contributed by atoms with Gasteiger partial charge in [-0.25, -0.2) is 8.42 Å². The fraction of sp³-hybridized carbons (Fsp3) is 0.588. The van der Waals surface area contributed by atoms with Gasteiger partial charge in [0.15, 0.2) is 11.5 Å². The first kappa shape index (κ1) is 21.7. The molecule has 1 aromatic rings. The van der Waals surface area contributed by atoms with Gasteiger partial charge in [0, 0.05) is 25.1 Å². The second kappa shape index (κ2) is 9.09. The zero-order valence-corrected chi connectivity index (χ0v) is 16.8. The predicted molar refractivity (Wildman–Crippen MR) is 103 cm³/mol. The van der Waals surface area contributed by atoms with Crippen molar-refractivity contribution in [2.45, 2.75) is 43.2 Å². The predicted octanol–water partition coefficient (Wildman–Crippen LogP) is 0.790. The SMILES string of the molecule is CC(NS(=O)(=O)c1ccc2c(c1)OCCCO2)C(=O)NCC(N)C1CC1.Cl. The Morgan fingerprint density at radius 3 is 2.59 bits per heavy atom. The summed E-state index contributed by atoms with van der Waals surface area (Å²) >= 11 is 0. The number of carbonyl (C=O) groups is 1. The van der Waals surface area contributed by atoms with E-state index in [0.717, 1.165) is 19.3 Å². The number of hydrogen-bond acceptors (Lipinski definition) is 6. The van der Waals surface area contributed by atoms with Crippen molar-refractivity contribution in [2.75, 3.05) is 19.8 Å². The van der Waals surface area contributed by atoms with Gasteiger partial charge in [-0.15, -0.1) is 12.4 Å². The van der Waals surface area contributed by atoms with Crippen molar-refractivity contribution in [1.29, 1.82) is 0 Å². The van der Waals surface area contributed by atoms with E-state index >= 15 is 0 Å². The Morgan fingerprint density at radius 2 is 1.93 bits per heavy atom. The monoisotopic (exact) mass is 419 g/mol. The number of sulfonamides is 1. The third-order valence-electron chi connectivity index (χ3n) is 4.49. The van der Waals surface area contributed by atoms with E-state index in [0.29, 0.717) is 37.2 Å². The van der Waals surface area contributed by atoms with E-state index < -0.39 is 22.0 Å². The summed E-state index contributed by atoms with van der Waals surface area (Å²) in [6.07, 6.45) is 2.90. The van der Waals surface area contributed by atoms with E-state index in [-0.39, 0.29) is 23.3 Å². The van der Waals surface area contributed by atoms with Gasteiger partial charge in [-0.2, -0.15) is 4.72 Å². The summed E-state index contributed by atoms with van der Waals surface area (Å²) in [5.41, 5.74) is 5.94. The topological polar surface area (TPSA) is 120 Å². The number of nitrogens with one attached hydrogen (secondary N) is 2. The standard InChI is InChI=1S/C17H25N3O5S.ClH/c1-11(17(21)19-10-14(18)12-3-4-12)20-26(22,23)13-5-6-15-16(9-13)25-8-2-7-24-15;/h5-6,9,11-12,14,20H,2-4,7-8,10,18H2,1H3,(H,19,21);1H. The maximum Gasteiger partial charge on any atom is 0.241 e. The number of rotatable bonds is 7. The molecular formula is C17H26ClN3O5S. The van der Waals surface area contributed by atoms with E-state index in [1.807, 2.05) is 0 Å². The first-order valence-corrected chi connectivity index (χ1v) is 10.3. The minimum Gasteiger partial charge on any atom is -0.490 e. The van der Waals surface area contributed by atoms with Gasteiger partial charge in [0.25, 0.3) is 0 Å². The van der Waals surface area contributed by atoms with Crippen LogP contribution in [-0.2, 0) is 14.8 Å². The fourth-order valence-corrected chi connectivity index (χ4v) is 3.95. The second-order valence-corrected chi connectivity index (χ2v) is 8.46. The molecule has 1 heterocycles. The zero-order valence-electron chi connectivity index (χ0n) is 15.1. The number of halogens is 1. The van der Waals surface area contributed by atoms with Gasteiger partial charge in [0.05, 0.1) is 24.2 Å². The first-order chi connectivity index (χ1) is 12.4. The highest BCUT2D eigenvalue weighted by atomic mass is 35.5. The molecule has 1 fully saturated rings. The summed E-state index contributed by atoms with van der Waals surface area (Å²) in [7, 11) is -3.87. The molecule has 1 aliphatic carbocycles. The zero-order chi connectivity index (χ0) is 18.7. The van der Waals surface area contributed by atoms with Crippen LogP contribution in [0.5, 0.6) is 11.5 Å². The molecule has 1 aromatic carbocycles. The summed E-state index contributed by atoms with van der Waals surface area (Å²) in [4.78, 5) is 12.2. The maximum atomic E-state index is 12.6. The summed E-state index contributed by atoms with van der Waals surface area (Å²) in [5.74, 6) is 0.960. The van der Waals surface area contributed by atoms with Crippen LogP contribution in [0.15, 0.2) is 23.1 Å². The molecule has 0 bridgehead atoms. The van der Waals surface area contributed by atoms with Crippen LogP contribution in [0.2, 0.25) is 0 Å². The molecule has 10 heteroatoms. The summed E-state index contributed by atoms with van der Waals surface area (Å²) in [6, 6.07) is 3.42. The maximum absolute atomic E-state index is 12.6. The lowest BCUT2D eigenvalue weighted by atomic mass is 10.2. The number of nitrogens with two attached hydrogens (primary N) is 1. The minimum atomic E-state index is -3.87. The molecule has 1 aliphatic heterocycles. The van der Waals surface area contributed by atoms with Crippen LogP contribution in [-0.4, -0.2) is 46.2 Å². The lowest BCUT2D eigenvalue weighted by Gasteiger charge is -2.17. The highest BCUT2D eigenvalue weighted by molar-refractivity contribution is 7.89. The molecule has 152 valence electrons. The van der Waals surface area contributed by atoms with Crippen LogP contribution < -0.4 is 25.2 Å². The molecule has 1 amide bonds. The van der Waals surface area contributed by atoms with Crippen LogP contribution in [0.25, 0.3) is 0 Å². The Bertz CT molecular complexity index is 770. The Kier molecular flexibility index (Phi) is 7.32. The molecule has 0 radical (unpaired) electrons. The highest BCUT2D eigenvalue weighted by Crippen LogP contribution is 2.32. The average molecular weight is 420 g/mol. The molecule has 2 atom stereocenters. The number of ether oxygens (including phenoxy) is 2. The van der Waals surface area contributed by atoms with Crippen molar-refractivity contribution in [3.05, 3.63) is 18.2 Å². The molecule has 3 rings (SSSR count). The van der Waals surface area contributed by atoms with Crippen LogP contribution in [0, 0.1) is 5.92 Å². The van der Waals surface area contributed by atoms with Crippen molar-refractivity contribution in [1.82, 2.24) is 10.0 Å². The van der Waals surface area contributed by atoms with Gasteiger partial charge >= 0.3 is 0 Å². The van der Waals surface area contributed by atoms with Crippen molar-refractivity contribution >= 4 is 28.3 Å². The molecule has 2 unspecified atom stereocenters. The van der Waals surface area contributed by atoms with Gasteiger partial charge in [-0.3, -0.25) is 4.79 Å². The van der Waals surface area contributed by atoms with Crippen LogP contribution >= 0.6 is 12.4 Å². The van der Waals surface area contributed by atoms with Gasteiger partial charge in [-0.05, 0) is 37.8 Å². The van der Waals surface area contributed by atoms with E-state index in [4.69, 9.17) is 15.2 Å². The van der Waals surface area contributed by atoms with E-state index in [9.17, 15) is 13.2 Å². The summed E-state index contributed by atoms with van der Waals surface area (Å²) < 4.78 is 38.5. The number of hydrogen-bond donors (Lipinski definition) is 3. The second-order valence-electron chi connectivity index (χ2n) is 6.75. The van der Waals surface area contributed by atoms with Gasteiger partial charge in [0.2, 0.25) is 15.9 Å². The smallest absolute Gasteiger partial charge is 0.241 e. The number of fused-ring (bicyclic) bond motifs is 1. The molecular weight excluding hydrogens is 394 g/mol. The van der Waals surface area contributed by atoms with Gasteiger partial charge in [0.1, 0.15) is 0 Å². The first-order valence-electron chi connectivity index (χ1n) is 8.82. The Labute approximate surface area is 165 Å². The molecule has 0 aromatic heterocycles. The molecule has 0 saturated heterocycles. The number of amides is 1. The largest absolute Gasteiger partial charge is 0.490 e. The van der Waals surface area contributed by atoms with E-state index in [2.05, 4.69) is 10.0 Å². The van der Waals surface area contributed by atoms with E-state index in [1.54, 1.807) is 6.07 Å². The van der Waals surface area contributed by atoms with Crippen LogP contribution in [0.3, 0.4) is 0 Å². The third kappa shape index (κ3) is 5.71. The van der Waals surface area contributed by atoms with Crippen molar-refractivity contribution in [3.8, 4) is 11.5 Å². The quantitative estimate of drug-likeness (QED) is 0.601. The molecule has 27 heavy (non-hydrogen) atoms. The molecule has 0 spiro atoms. The van der Waals surface area contributed by atoms with Crippen LogP contribution in [0.4, 0.5) is 0 Å². The normalized spacial score (nSPS) is 18.6. The Morgan fingerprint density at radius 1 is 1.26 bits per heavy atom. The Balaban J connectivity index is 0.00000261. The van der Waals surface area contributed by atoms with E-state index in [1.165, 1.54) is 19.1 Å². The molecule has 1 saturated carbocycles. The lowest BCUT2D eigenvalue weighted by Crippen LogP contribution is -2.48. The minimum absolute atomic E-state index is 0. The molecule has 4 N–H and O–H groups in total. The molecule has 8 nitrogen and oxygen atoms in total. The average Bonchev–Trinajstić information content (AvgIpc) is 3.44. The van der Waals surface area contributed by atoms with Gasteiger partial charge in [-0.1, -0.05) is 0 Å². The fourth-order valence-electron chi connectivity index (χ4n) is 2.73. The lowest BCUT2D eigenvalue weighted by molar-refractivity contribution is -0.122.